The third-order valence-electron chi connectivity index (χ3n) is 3.61. The second-order valence-electron chi connectivity index (χ2n) is 5.01. The Morgan fingerprint density at radius 1 is 0.913 bits per heavy atom. The van der Waals surface area contributed by atoms with Gasteiger partial charge in [0.05, 0.1) is 7.11 Å². The van der Waals surface area contributed by atoms with Gasteiger partial charge in [-0.25, -0.2) is 4.79 Å². The van der Waals surface area contributed by atoms with E-state index in [4.69, 9.17) is 4.74 Å². The molecule has 2 aromatic carbocycles. The van der Waals surface area contributed by atoms with Crippen molar-refractivity contribution in [3.8, 4) is 11.1 Å². The van der Waals surface area contributed by atoms with Gasteiger partial charge in [0.1, 0.15) is 5.69 Å². The highest BCUT2D eigenvalue weighted by Crippen LogP contribution is 2.29. The maximum absolute atomic E-state index is 12.8. The van der Waals surface area contributed by atoms with Crippen LogP contribution < -0.4 is 0 Å². The Kier molecular flexibility index (Phi) is 4.06. The number of aromatic amines is 1. The first-order valence-electron chi connectivity index (χ1n) is 7.17. The summed E-state index contributed by atoms with van der Waals surface area (Å²) >= 11 is 0. The lowest BCUT2D eigenvalue weighted by molar-refractivity contribution is 0.0595. The van der Waals surface area contributed by atoms with Crippen molar-refractivity contribution < 1.29 is 14.3 Å². The van der Waals surface area contributed by atoms with Crippen LogP contribution in [0.3, 0.4) is 0 Å². The lowest BCUT2D eigenvalue weighted by atomic mass is 9.96. The summed E-state index contributed by atoms with van der Waals surface area (Å²) in [7, 11) is 1.32. The maximum Gasteiger partial charge on any atom is 0.355 e. The van der Waals surface area contributed by atoms with Crippen LogP contribution in [0.1, 0.15) is 26.4 Å². The monoisotopic (exact) mass is 305 g/mol. The van der Waals surface area contributed by atoms with Crippen LogP contribution in [0.15, 0.2) is 66.9 Å². The predicted octanol–water partition coefficient (Wildman–Crippen LogP) is 3.70. The molecule has 3 aromatic rings. The van der Waals surface area contributed by atoms with Gasteiger partial charge in [-0.15, -0.1) is 0 Å². The van der Waals surface area contributed by atoms with Crippen molar-refractivity contribution in [2.75, 3.05) is 7.11 Å². The van der Waals surface area contributed by atoms with Crippen LogP contribution in [0.4, 0.5) is 0 Å². The molecule has 114 valence electrons. The first kappa shape index (κ1) is 14.8. The summed E-state index contributed by atoms with van der Waals surface area (Å²) in [5.41, 5.74) is 2.64. The van der Waals surface area contributed by atoms with E-state index >= 15 is 0 Å². The largest absolute Gasteiger partial charge is 0.464 e. The molecule has 1 N–H and O–H groups in total. The highest BCUT2D eigenvalue weighted by Gasteiger charge is 2.23. The molecule has 0 saturated carbocycles. The first-order chi connectivity index (χ1) is 11.2. The molecule has 0 aliphatic carbocycles. The van der Waals surface area contributed by atoms with Crippen LogP contribution in [0.25, 0.3) is 11.1 Å². The number of carbonyl (C=O) groups is 2. The summed E-state index contributed by atoms with van der Waals surface area (Å²) in [5.74, 6) is -0.646. The normalized spacial score (nSPS) is 10.3. The number of rotatable bonds is 4. The summed E-state index contributed by atoms with van der Waals surface area (Å²) in [6, 6.07) is 18.3. The zero-order valence-corrected chi connectivity index (χ0v) is 12.6. The van der Waals surface area contributed by atoms with Gasteiger partial charge in [0.15, 0.2) is 5.78 Å². The smallest absolute Gasteiger partial charge is 0.355 e. The third kappa shape index (κ3) is 2.79. The second-order valence-corrected chi connectivity index (χ2v) is 5.01. The van der Waals surface area contributed by atoms with Crippen LogP contribution in [0.2, 0.25) is 0 Å². The van der Waals surface area contributed by atoms with Gasteiger partial charge in [-0.05, 0) is 5.56 Å². The molecule has 1 heterocycles. The van der Waals surface area contributed by atoms with E-state index in [2.05, 4.69) is 4.98 Å². The number of hydrogen-bond donors (Lipinski definition) is 1. The molecule has 0 saturated heterocycles. The molecule has 23 heavy (non-hydrogen) atoms. The van der Waals surface area contributed by atoms with E-state index in [1.165, 1.54) is 7.11 Å². The van der Waals surface area contributed by atoms with Gasteiger partial charge in [0.2, 0.25) is 0 Å². The van der Waals surface area contributed by atoms with E-state index in [0.717, 1.165) is 5.56 Å². The fraction of sp³-hybridized carbons (Fsp3) is 0.0526. The Labute approximate surface area is 133 Å². The first-order valence-corrected chi connectivity index (χ1v) is 7.17. The predicted molar refractivity (Wildman–Crippen MR) is 87.4 cm³/mol. The van der Waals surface area contributed by atoms with Crippen molar-refractivity contribution in [2.24, 2.45) is 0 Å². The van der Waals surface area contributed by atoms with E-state index in [9.17, 15) is 9.59 Å². The lowest BCUT2D eigenvalue weighted by Gasteiger charge is -2.06. The van der Waals surface area contributed by atoms with Gasteiger partial charge in [-0.1, -0.05) is 60.7 Å². The molecule has 0 aliphatic heterocycles. The lowest BCUT2D eigenvalue weighted by Crippen LogP contribution is -2.06. The average molecular weight is 305 g/mol. The Morgan fingerprint density at radius 2 is 1.52 bits per heavy atom. The topological polar surface area (TPSA) is 59.2 Å². The van der Waals surface area contributed by atoms with Gasteiger partial charge < -0.3 is 9.72 Å². The van der Waals surface area contributed by atoms with Gasteiger partial charge >= 0.3 is 5.97 Å². The molecule has 0 spiro atoms. The molecule has 4 nitrogen and oxygen atoms in total. The standard InChI is InChI=1S/C19H15NO3/c1-23-19(22)17-16(13-8-4-2-5-9-13)15(12-20-17)18(21)14-10-6-3-7-11-14/h2-12,20H,1H3. The van der Waals surface area contributed by atoms with Gasteiger partial charge in [-0.3, -0.25) is 4.79 Å². The number of aromatic nitrogens is 1. The number of ether oxygens (including phenoxy) is 1. The Morgan fingerprint density at radius 3 is 2.13 bits per heavy atom. The van der Waals surface area contributed by atoms with Crippen LogP contribution in [0, 0.1) is 0 Å². The molecule has 1 aromatic heterocycles. The molecule has 0 fully saturated rings. The van der Waals surface area contributed by atoms with Crippen LogP contribution >= 0.6 is 0 Å². The molecule has 0 bridgehead atoms. The highest BCUT2D eigenvalue weighted by molar-refractivity contribution is 6.15. The van der Waals surface area contributed by atoms with Crippen molar-refractivity contribution >= 4 is 11.8 Å². The molecular formula is C19H15NO3. The quantitative estimate of drug-likeness (QED) is 0.590. The van der Waals surface area contributed by atoms with E-state index < -0.39 is 5.97 Å². The Bertz CT molecular complexity index is 836. The number of nitrogens with one attached hydrogen (secondary N) is 1. The zero-order valence-electron chi connectivity index (χ0n) is 12.6. The van der Waals surface area contributed by atoms with Gasteiger partial charge in [-0.2, -0.15) is 0 Å². The fourth-order valence-corrected chi connectivity index (χ4v) is 2.52. The van der Waals surface area contributed by atoms with E-state index in [1.54, 1.807) is 18.3 Å². The molecule has 0 amide bonds. The fourth-order valence-electron chi connectivity index (χ4n) is 2.52. The summed E-state index contributed by atoms with van der Waals surface area (Å²) < 4.78 is 4.82. The molecule has 4 heteroatoms. The molecule has 0 aliphatic rings. The zero-order chi connectivity index (χ0) is 16.2. The van der Waals surface area contributed by atoms with Gasteiger partial charge in [0.25, 0.3) is 0 Å². The Hall–Kier alpha value is -3.14. The summed E-state index contributed by atoms with van der Waals surface area (Å²) in [5, 5.41) is 0. The molecular weight excluding hydrogens is 290 g/mol. The van der Waals surface area contributed by atoms with Crippen LogP contribution in [0.5, 0.6) is 0 Å². The van der Waals surface area contributed by atoms with E-state index in [-0.39, 0.29) is 11.5 Å². The van der Waals surface area contributed by atoms with Gasteiger partial charge in [0, 0.05) is 22.9 Å². The molecule has 0 atom stereocenters. The molecule has 0 radical (unpaired) electrons. The van der Waals surface area contributed by atoms with E-state index in [1.807, 2.05) is 48.5 Å². The van der Waals surface area contributed by atoms with Crippen molar-refractivity contribution in [2.45, 2.75) is 0 Å². The molecule has 3 rings (SSSR count). The van der Waals surface area contributed by atoms with Crippen molar-refractivity contribution in [1.82, 2.24) is 4.98 Å². The minimum Gasteiger partial charge on any atom is -0.464 e. The summed E-state index contributed by atoms with van der Waals surface area (Å²) in [4.78, 5) is 27.7. The SMILES string of the molecule is COC(=O)c1[nH]cc(C(=O)c2ccccc2)c1-c1ccccc1. The third-order valence-corrected chi connectivity index (χ3v) is 3.61. The number of H-pyrrole nitrogens is 1. The number of benzene rings is 2. The highest BCUT2D eigenvalue weighted by atomic mass is 16.5. The van der Waals surface area contributed by atoms with Crippen LogP contribution in [-0.4, -0.2) is 23.8 Å². The average Bonchev–Trinajstić information content (AvgIpc) is 3.07. The minimum atomic E-state index is -0.504. The summed E-state index contributed by atoms with van der Waals surface area (Å²) in [6.45, 7) is 0. The minimum absolute atomic E-state index is 0.143. The second kappa shape index (κ2) is 6.32. The maximum atomic E-state index is 12.8. The van der Waals surface area contributed by atoms with E-state index in [0.29, 0.717) is 16.7 Å². The molecule has 0 unspecified atom stereocenters. The van der Waals surface area contributed by atoms with Crippen LogP contribution in [-0.2, 0) is 4.74 Å². The number of methoxy groups -OCH3 is 1. The number of ketones is 1. The number of hydrogen-bond acceptors (Lipinski definition) is 3. The van der Waals surface area contributed by atoms with Crippen molar-refractivity contribution in [1.29, 1.82) is 0 Å². The Balaban J connectivity index is 2.17. The summed E-state index contributed by atoms with van der Waals surface area (Å²) in [6.07, 6.45) is 1.56. The van der Waals surface area contributed by atoms with Crippen molar-refractivity contribution in [3.05, 3.63) is 83.7 Å². The number of carbonyl (C=O) groups excluding carboxylic acids is 2. The van der Waals surface area contributed by atoms with Crippen molar-refractivity contribution in [3.63, 3.8) is 0 Å². The number of esters is 1.